The maximum atomic E-state index is 8.90. The van der Waals surface area contributed by atoms with E-state index in [-0.39, 0.29) is 6.61 Å². The molecule has 0 radical (unpaired) electrons. The lowest BCUT2D eigenvalue weighted by atomic mass is 10.2. The van der Waals surface area contributed by atoms with Crippen LogP contribution >= 0.6 is 0 Å². The van der Waals surface area contributed by atoms with Crippen LogP contribution in [0.4, 0.5) is 5.82 Å². The summed E-state index contributed by atoms with van der Waals surface area (Å²) in [6.07, 6.45) is 1.78. The molecule has 0 fully saturated rings. The first-order valence-electron chi connectivity index (χ1n) is 5.26. The Morgan fingerprint density at radius 1 is 1.53 bits per heavy atom. The van der Waals surface area contributed by atoms with Gasteiger partial charge in [-0.3, -0.25) is 4.90 Å². The number of hydrogen-bond acceptors (Lipinski definition) is 4. The number of rotatable bonds is 6. The molecule has 1 aromatic heterocycles. The lowest BCUT2D eigenvalue weighted by Crippen LogP contribution is -2.26. The van der Waals surface area contributed by atoms with Gasteiger partial charge in [-0.05, 0) is 12.6 Å². The first kappa shape index (κ1) is 11.9. The molecule has 1 rings (SSSR count). The molecule has 4 heteroatoms. The minimum absolute atomic E-state index is 0.197. The predicted octanol–water partition coefficient (Wildman–Crippen LogP) is 0.937. The Hall–Kier alpha value is -1.13. The first-order valence-corrected chi connectivity index (χ1v) is 5.26. The van der Waals surface area contributed by atoms with Crippen LogP contribution in [0.15, 0.2) is 18.3 Å². The van der Waals surface area contributed by atoms with Crippen LogP contribution in [-0.2, 0) is 6.54 Å². The van der Waals surface area contributed by atoms with Crippen molar-refractivity contribution in [1.29, 1.82) is 0 Å². The number of aromatic nitrogens is 1. The molecule has 0 bridgehead atoms. The third kappa shape index (κ3) is 3.49. The molecule has 0 saturated carbocycles. The maximum Gasteiger partial charge on any atom is 0.130 e. The molecule has 0 atom stereocenters. The molecule has 84 valence electrons. The van der Waals surface area contributed by atoms with Gasteiger partial charge in [-0.25, -0.2) is 4.98 Å². The van der Waals surface area contributed by atoms with Gasteiger partial charge < -0.3 is 10.4 Å². The number of aliphatic hydroxyl groups is 1. The van der Waals surface area contributed by atoms with E-state index in [1.807, 2.05) is 13.1 Å². The fraction of sp³-hybridized carbons (Fsp3) is 0.545. The van der Waals surface area contributed by atoms with Crippen LogP contribution in [0.1, 0.15) is 12.5 Å². The fourth-order valence-corrected chi connectivity index (χ4v) is 1.52. The van der Waals surface area contributed by atoms with E-state index in [4.69, 9.17) is 5.11 Å². The van der Waals surface area contributed by atoms with Crippen LogP contribution in [0.3, 0.4) is 0 Å². The first-order chi connectivity index (χ1) is 7.31. The van der Waals surface area contributed by atoms with Gasteiger partial charge in [-0.15, -0.1) is 0 Å². The van der Waals surface area contributed by atoms with E-state index in [0.717, 1.165) is 24.5 Å². The van der Waals surface area contributed by atoms with Crippen molar-refractivity contribution in [1.82, 2.24) is 9.88 Å². The highest BCUT2D eigenvalue weighted by Gasteiger charge is 2.06. The van der Waals surface area contributed by atoms with Gasteiger partial charge in [0.1, 0.15) is 5.82 Å². The standard InChI is InChI=1S/C11H19N3O/c1-3-14(7-8-15)9-10-5-4-6-13-11(10)12-2/h4-6,15H,3,7-9H2,1-2H3,(H,12,13). The van der Waals surface area contributed by atoms with Gasteiger partial charge in [0.15, 0.2) is 0 Å². The summed E-state index contributed by atoms with van der Waals surface area (Å²) in [4.78, 5) is 6.42. The number of nitrogens with one attached hydrogen (secondary N) is 1. The second-order valence-electron chi connectivity index (χ2n) is 3.35. The number of aliphatic hydroxyl groups excluding tert-OH is 1. The van der Waals surface area contributed by atoms with Crippen LogP contribution in [0.2, 0.25) is 0 Å². The molecule has 15 heavy (non-hydrogen) atoms. The SMILES string of the molecule is CCN(CCO)Cc1cccnc1NC. The number of hydrogen-bond donors (Lipinski definition) is 2. The largest absolute Gasteiger partial charge is 0.395 e. The average molecular weight is 209 g/mol. The molecular formula is C11H19N3O. The summed E-state index contributed by atoms with van der Waals surface area (Å²) in [5.74, 6) is 0.911. The molecule has 0 aliphatic heterocycles. The van der Waals surface area contributed by atoms with Crippen molar-refractivity contribution >= 4 is 5.82 Å². The third-order valence-electron chi connectivity index (χ3n) is 2.39. The molecule has 4 nitrogen and oxygen atoms in total. The summed E-state index contributed by atoms with van der Waals surface area (Å²) in [7, 11) is 1.87. The van der Waals surface area contributed by atoms with Gasteiger partial charge in [0.05, 0.1) is 6.61 Å². The Bertz CT molecular complexity index is 291. The average Bonchev–Trinajstić information content (AvgIpc) is 2.29. The van der Waals surface area contributed by atoms with E-state index in [9.17, 15) is 0 Å². The Labute approximate surface area is 90.9 Å². The summed E-state index contributed by atoms with van der Waals surface area (Å²) < 4.78 is 0. The third-order valence-corrected chi connectivity index (χ3v) is 2.39. The normalized spacial score (nSPS) is 10.7. The quantitative estimate of drug-likeness (QED) is 0.732. The number of anilines is 1. The lowest BCUT2D eigenvalue weighted by molar-refractivity contribution is 0.197. The van der Waals surface area contributed by atoms with Crippen LogP contribution in [-0.4, -0.2) is 41.7 Å². The summed E-state index contributed by atoms with van der Waals surface area (Å²) in [6.45, 7) is 4.74. The van der Waals surface area contributed by atoms with Gasteiger partial charge >= 0.3 is 0 Å². The van der Waals surface area contributed by atoms with E-state index in [0.29, 0.717) is 6.54 Å². The second kappa shape index (κ2) is 6.37. The number of pyridine rings is 1. The molecule has 1 heterocycles. The Kier molecular flexibility index (Phi) is 5.07. The maximum absolute atomic E-state index is 8.90. The summed E-state index contributed by atoms with van der Waals surface area (Å²) >= 11 is 0. The van der Waals surface area contributed by atoms with Gasteiger partial charge in [0, 0.05) is 31.9 Å². The monoisotopic (exact) mass is 209 g/mol. The molecule has 0 spiro atoms. The van der Waals surface area contributed by atoms with E-state index in [1.165, 1.54) is 0 Å². The van der Waals surface area contributed by atoms with Crippen molar-refractivity contribution in [2.75, 3.05) is 32.1 Å². The van der Waals surface area contributed by atoms with Crippen molar-refractivity contribution in [3.05, 3.63) is 23.9 Å². The van der Waals surface area contributed by atoms with Crippen molar-refractivity contribution in [3.8, 4) is 0 Å². The molecule has 0 amide bonds. The van der Waals surface area contributed by atoms with E-state index in [1.54, 1.807) is 6.20 Å². The topological polar surface area (TPSA) is 48.4 Å². The fourth-order valence-electron chi connectivity index (χ4n) is 1.52. The van der Waals surface area contributed by atoms with E-state index >= 15 is 0 Å². The highest BCUT2D eigenvalue weighted by molar-refractivity contribution is 5.42. The zero-order valence-corrected chi connectivity index (χ0v) is 9.40. The molecule has 1 aromatic rings. The zero-order valence-electron chi connectivity index (χ0n) is 9.40. The van der Waals surface area contributed by atoms with Crippen LogP contribution in [0.25, 0.3) is 0 Å². The molecule has 0 saturated heterocycles. The smallest absolute Gasteiger partial charge is 0.130 e. The van der Waals surface area contributed by atoms with Crippen molar-refractivity contribution < 1.29 is 5.11 Å². The van der Waals surface area contributed by atoms with Gasteiger partial charge in [-0.2, -0.15) is 0 Å². The zero-order chi connectivity index (χ0) is 11.1. The summed E-state index contributed by atoms with van der Waals surface area (Å²) in [5, 5.41) is 12.0. The molecule has 2 N–H and O–H groups in total. The highest BCUT2D eigenvalue weighted by atomic mass is 16.3. The molecular weight excluding hydrogens is 190 g/mol. The van der Waals surface area contributed by atoms with Gasteiger partial charge in [0.2, 0.25) is 0 Å². The van der Waals surface area contributed by atoms with Crippen molar-refractivity contribution in [2.45, 2.75) is 13.5 Å². The van der Waals surface area contributed by atoms with E-state index in [2.05, 4.69) is 28.2 Å². The minimum Gasteiger partial charge on any atom is -0.395 e. The van der Waals surface area contributed by atoms with E-state index < -0.39 is 0 Å². The second-order valence-corrected chi connectivity index (χ2v) is 3.35. The van der Waals surface area contributed by atoms with Crippen LogP contribution in [0, 0.1) is 0 Å². The lowest BCUT2D eigenvalue weighted by Gasteiger charge is -2.20. The van der Waals surface area contributed by atoms with Crippen molar-refractivity contribution in [2.24, 2.45) is 0 Å². The van der Waals surface area contributed by atoms with Crippen LogP contribution < -0.4 is 5.32 Å². The molecule has 0 aliphatic rings. The molecule has 0 aliphatic carbocycles. The molecule has 0 unspecified atom stereocenters. The Morgan fingerprint density at radius 2 is 2.33 bits per heavy atom. The summed E-state index contributed by atoms with van der Waals surface area (Å²) in [5.41, 5.74) is 1.16. The highest BCUT2D eigenvalue weighted by Crippen LogP contribution is 2.12. The number of nitrogens with zero attached hydrogens (tertiary/aromatic N) is 2. The Balaban J connectivity index is 2.69. The van der Waals surface area contributed by atoms with Crippen LogP contribution in [0.5, 0.6) is 0 Å². The Morgan fingerprint density at radius 3 is 2.93 bits per heavy atom. The van der Waals surface area contributed by atoms with Crippen molar-refractivity contribution in [3.63, 3.8) is 0 Å². The minimum atomic E-state index is 0.197. The molecule has 0 aromatic carbocycles. The predicted molar refractivity (Wildman–Crippen MR) is 61.8 cm³/mol. The van der Waals surface area contributed by atoms with Gasteiger partial charge in [0.25, 0.3) is 0 Å². The van der Waals surface area contributed by atoms with Gasteiger partial charge in [-0.1, -0.05) is 13.0 Å². The summed E-state index contributed by atoms with van der Waals surface area (Å²) in [6, 6.07) is 3.99. The number of likely N-dealkylation sites (N-methyl/N-ethyl adjacent to an activating group) is 1.